The smallest absolute Gasteiger partial charge is 0 e. The van der Waals surface area contributed by atoms with Gasteiger partial charge in [0.15, 0.2) is 0 Å². The van der Waals surface area contributed by atoms with Crippen LogP contribution in [0, 0.1) is 0 Å². The molecule has 0 spiro atoms. The maximum Gasteiger partial charge on any atom is 0 e. The molecule has 4 heavy (non-hydrogen) atoms. The zero-order valence-corrected chi connectivity index (χ0v) is 8.15. The van der Waals surface area contributed by atoms with Gasteiger partial charge in [0, 0.05) is 64.9 Å². The summed E-state index contributed by atoms with van der Waals surface area (Å²) in [6, 6.07) is 0. The maximum atomic E-state index is 0. The topological polar surface area (TPSA) is 0 Å². The number of hydrogen-bond acceptors (Lipinski definition) is 0. The Kier molecular flexibility index (Phi) is 204. The third-order valence-electron chi connectivity index (χ3n) is 0. The van der Waals surface area contributed by atoms with E-state index in [1.54, 1.807) is 0 Å². The van der Waals surface area contributed by atoms with E-state index < -0.39 is 0 Å². The Labute approximate surface area is 64.5 Å². The van der Waals surface area contributed by atoms with Crippen molar-refractivity contribution in [3.05, 3.63) is 0 Å². The van der Waals surface area contributed by atoms with Crippen LogP contribution in [0.2, 0.25) is 0 Å². The zero-order valence-electron chi connectivity index (χ0n) is 2.09. The summed E-state index contributed by atoms with van der Waals surface area (Å²) in [6.45, 7) is 0. The Morgan fingerprint density at radius 2 is 1.00 bits per heavy atom. The van der Waals surface area contributed by atoms with E-state index in [2.05, 4.69) is 0 Å². The predicted molar refractivity (Wildman–Crippen MR) is 11.5 cm³/mol. The van der Waals surface area contributed by atoms with Crippen LogP contribution in [0.15, 0.2) is 0 Å². The molecule has 0 amide bonds. The van der Waals surface area contributed by atoms with Gasteiger partial charge in [0.2, 0.25) is 0 Å². The van der Waals surface area contributed by atoms with Crippen LogP contribution in [0.1, 0.15) is 0 Å². The van der Waals surface area contributed by atoms with Gasteiger partial charge in [0.05, 0.1) is 0 Å². The van der Waals surface area contributed by atoms with Crippen molar-refractivity contribution in [3.8, 4) is 0 Å². The minimum absolute atomic E-state index is 0. The molecule has 0 unspecified atom stereocenters. The van der Waals surface area contributed by atoms with Crippen LogP contribution in [0.4, 0.5) is 0 Å². The minimum atomic E-state index is 0. The Hall–Kier alpha value is 1.89. The summed E-state index contributed by atoms with van der Waals surface area (Å²) < 4.78 is 0. The first-order valence-corrected chi connectivity index (χ1v) is 0. The van der Waals surface area contributed by atoms with Gasteiger partial charge < -0.3 is 0 Å². The van der Waals surface area contributed by atoms with E-state index in [1.165, 1.54) is 0 Å². The first kappa shape index (κ1) is 39.4. The van der Waals surface area contributed by atoms with E-state index in [1.807, 2.05) is 0 Å². The molecule has 0 aliphatic heterocycles. The number of rotatable bonds is 0. The van der Waals surface area contributed by atoms with Gasteiger partial charge in [-0.25, -0.2) is 0 Å². The average Bonchev–Trinajstić information content (AvgIpc) is 0. The molecule has 0 fully saturated rings. The van der Waals surface area contributed by atoms with Crippen LogP contribution in [-0.2, 0) is 36.5 Å². The van der Waals surface area contributed by atoms with E-state index in [0.717, 1.165) is 0 Å². The minimum Gasteiger partial charge on any atom is 0 e. The average molecular weight is 184 g/mol. The fourth-order valence-corrected chi connectivity index (χ4v) is 0. The maximum absolute atomic E-state index is 0. The van der Waals surface area contributed by atoms with E-state index in [9.17, 15) is 0 Å². The second-order valence-corrected chi connectivity index (χ2v) is 0. The van der Waals surface area contributed by atoms with Crippen LogP contribution in [0.25, 0.3) is 0 Å². The molecule has 0 aliphatic rings. The van der Waals surface area contributed by atoms with Crippen LogP contribution < -0.4 is 0 Å². The van der Waals surface area contributed by atoms with Crippen LogP contribution in [0.5, 0.6) is 0 Å². The molecule has 0 nitrogen and oxygen atoms in total. The standard InChI is InChI=1S/Al.Cu.Si.Zn. The van der Waals surface area contributed by atoms with Crippen molar-refractivity contribution in [2.24, 2.45) is 0 Å². The van der Waals surface area contributed by atoms with Crippen molar-refractivity contribution < 1.29 is 36.5 Å². The summed E-state index contributed by atoms with van der Waals surface area (Å²) in [4.78, 5) is 0. The normalized spacial score (nSPS) is 0. The van der Waals surface area contributed by atoms with Crippen LogP contribution in [-0.4, -0.2) is 28.3 Å². The van der Waals surface area contributed by atoms with Gasteiger partial charge in [0.1, 0.15) is 0 Å². The molecule has 0 aromatic rings. The SMILES string of the molecule is [Al].[Cu].[Si].[Zn]. The summed E-state index contributed by atoms with van der Waals surface area (Å²) in [5.41, 5.74) is 0. The van der Waals surface area contributed by atoms with E-state index in [4.69, 9.17) is 0 Å². The summed E-state index contributed by atoms with van der Waals surface area (Å²) in [5, 5.41) is 0. The Balaban J connectivity index is 0. The van der Waals surface area contributed by atoms with Crippen molar-refractivity contribution >= 4 is 28.3 Å². The molecule has 0 aliphatic carbocycles. The van der Waals surface area contributed by atoms with Gasteiger partial charge in [-0.15, -0.1) is 0 Å². The van der Waals surface area contributed by atoms with Gasteiger partial charge in [-0.1, -0.05) is 0 Å². The van der Waals surface area contributed by atoms with Crippen molar-refractivity contribution in [1.29, 1.82) is 0 Å². The Bertz CT molecular complexity index is 8.00. The Morgan fingerprint density at radius 1 is 1.00 bits per heavy atom. The first-order chi connectivity index (χ1) is 0. The van der Waals surface area contributed by atoms with Crippen molar-refractivity contribution in [1.82, 2.24) is 0 Å². The summed E-state index contributed by atoms with van der Waals surface area (Å²) >= 11 is 0. The molecule has 0 N–H and O–H groups in total. The van der Waals surface area contributed by atoms with Gasteiger partial charge in [0.25, 0.3) is 0 Å². The monoisotopic (exact) mass is 182 g/mol. The predicted octanol–water partition coefficient (Wildman–Crippen LogP) is -0.767. The van der Waals surface area contributed by atoms with Crippen molar-refractivity contribution in [2.45, 2.75) is 0 Å². The third-order valence-corrected chi connectivity index (χ3v) is 0. The molecule has 0 bridgehead atoms. The zero-order chi connectivity index (χ0) is 0. The largest absolute Gasteiger partial charge is 0 e. The molecular formula is AlCuSiZn. The molecule has 0 rings (SSSR count). The van der Waals surface area contributed by atoms with Gasteiger partial charge in [-0.05, 0) is 0 Å². The van der Waals surface area contributed by atoms with Crippen LogP contribution >= 0.6 is 0 Å². The second kappa shape index (κ2) is 20.7. The van der Waals surface area contributed by atoms with Gasteiger partial charge in [-0.2, -0.15) is 0 Å². The van der Waals surface area contributed by atoms with Crippen molar-refractivity contribution in [2.75, 3.05) is 0 Å². The summed E-state index contributed by atoms with van der Waals surface area (Å²) in [6.07, 6.45) is 0. The van der Waals surface area contributed by atoms with E-state index >= 15 is 0 Å². The first-order valence-electron chi connectivity index (χ1n) is 0. The summed E-state index contributed by atoms with van der Waals surface area (Å²) in [5.74, 6) is 0. The fraction of sp³-hybridized carbons (Fsp3) is 0. The quantitative estimate of drug-likeness (QED) is 0.434. The van der Waals surface area contributed by atoms with Crippen molar-refractivity contribution in [3.63, 3.8) is 0 Å². The van der Waals surface area contributed by atoms with Crippen LogP contribution in [0.3, 0.4) is 0 Å². The molecule has 4 heteroatoms. The summed E-state index contributed by atoms with van der Waals surface area (Å²) in [7, 11) is 0. The van der Waals surface area contributed by atoms with Gasteiger partial charge in [-0.3, -0.25) is 0 Å². The molecule has 20 valence electrons. The molecule has 0 heterocycles. The molecule has 0 saturated heterocycles. The molecule has 0 saturated carbocycles. The molecule has 8 radical (unpaired) electrons. The van der Waals surface area contributed by atoms with E-state index in [-0.39, 0.29) is 64.9 Å². The molecule has 0 atom stereocenters. The molecule has 0 aromatic heterocycles. The second-order valence-electron chi connectivity index (χ2n) is 0. The fourth-order valence-electron chi connectivity index (χ4n) is 0. The number of hydrogen-bond donors (Lipinski definition) is 0. The third kappa shape index (κ3) is 9.09. The molecular weight excluding hydrogens is 184 g/mol. The van der Waals surface area contributed by atoms with Gasteiger partial charge >= 0.3 is 0 Å². The molecule has 0 aromatic carbocycles. The van der Waals surface area contributed by atoms with E-state index in [0.29, 0.717) is 0 Å². The Morgan fingerprint density at radius 3 is 1.00 bits per heavy atom.